The summed E-state index contributed by atoms with van der Waals surface area (Å²) in [6, 6.07) is 5.60. The average molecular weight is 500 g/mol. The largest absolute Gasteiger partial charge is 0.496 e. The zero-order valence-corrected chi connectivity index (χ0v) is 20.5. The van der Waals surface area contributed by atoms with E-state index in [1.807, 2.05) is 6.92 Å². The number of thiophene rings is 1. The molecule has 0 saturated carbocycles. The van der Waals surface area contributed by atoms with Gasteiger partial charge in [0, 0.05) is 37.1 Å². The molecule has 9 nitrogen and oxygen atoms in total. The summed E-state index contributed by atoms with van der Waals surface area (Å²) in [5.41, 5.74) is 0.511. The highest BCUT2D eigenvalue weighted by Crippen LogP contribution is 2.31. The smallest absolute Gasteiger partial charge is 0.332 e. The first-order valence-electron chi connectivity index (χ1n) is 11.1. The summed E-state index contributed by atoms with van der Waals surface area (Å²) in [6.07, 6.45) is 4.75. The van der Waals surface area contributed by atoms with Gasteiger partial charge in [-0.15, -0.1) is 0 Å². The summed E-state index contributed by atoms with van der Waals surface area (Å²) in [4.78, 5) is 38.4. The molecule has 3 heterocycles. The number of carbonyl (C=O) groups excluding carboxylic acids is 1. The second-order valence-corrected chi connectivity index (χ2v) is 9.17. The van der Waals surface area contributed by atoms with Crippen molar-refractivity contribution < 1.29 is 13.9 Å². The maximum atomic E-state index is 13.9. The number of aromatic nitrogens is 4. The van der Waals surface area contributed by atoms with Crippen LogP contribution in [0.3, 0.4) is 0 Å². The van der Waals surface area contributed by atoms with Crippen molar-refractivity contribution in [3.63, 3.8) is 0 Å². The van der Waals surface area contributed by atoms with Crippen LogP contribution in [0.15, 0.2) is 46.2 Å². The Morgan fingerprint density at radius 3 is 2.80 bits per heavy atom. The van der Waals surface area contributed by atoms with Crippen LogP contribution in [0, 0.1) is 12.7 Å². The minimum atomic E-state index is -0.454. The van der Waals surface area contributed by atoms with Gasteiger partial charge >= 0.3 is 5.69 Å². The molecule has 1 amide bonds. The van der Waals surface area contributed by atoms with Crippen molar-refractivity contribution in [2.24, 2.45) is 0 Å². The molecule has 0 aliphatic heterocycles. The van der Waals surface area contributed by atoms with E-state index in [1.165, 1.54) is 35.1 Å². The molecular weight excluding hydrogens is 473 g/mol. The van der Waals surface area contributed by atoms with Crippen molar-refractivity contribution in [2.75, 3.05) is 13.7 Å². The van der Waals surface area contributed by atoms with Gasteiger partial charge in [0.1, 0.15) is 21.4 Å². The Kier molecular flexibility index (Phi) is 7.15. The van der Waals surface area contributed by atoms with Gasteiger partial charge in [0.2, 0.25) is 6.41 Å². The lowest BCUT2D eigenvalue weighted by molar-refractivity contribution is -0.109. The monoisotopic (exact) mass is 499 g/mol. The maximum absolute atomic E-state index is 13.9. The molecule has 0 saturated heterocycles. The van der Waals surface area contributed by atoms with Crippen LogP contribution in [0.4, 0.5) is 4.39 Å². The lowest BCUT2D eigenvalue weighted by atomic mass is 10.1. The van der Waals surface area contributed by atoms with E-state index in [9.17, 15) is 18.8 Å². The molecule has 4 aromatic rings. The Labute approximate surface area is 204 Å². The van der Waals surface area contributed by atoms with Crippen molar-refractivity contribution in [1.82, 2.24) is 24.2 Å². The van der Waals surface area contributed by atoms with Gasteiger partial charge in [0.05, 0.1) is 12.5 Å². The van der Waals surface area contributed by atoms with Gasteiger partial charge in [-0.1, -0.05) is 11.3 Å². The van der Waals surface area contributed by atoms with Crippen molar-refractivity contribution in [3.05, 3.63) is 74.4 Å². The van der Waals surface area contributed by atoms with Crippen molar-refractivity contribution >= 4 is 28.0 Å². The first-order chi connectivity index (χ1) is 16.9. The number of fused-ring (bicyclic) bond motifs is 1. The summed E-state index contributed by atoms with van der Waals surface area (Å²) in [7, 11) is 1.51. The standard InChI is InChI=1S/C24H26FN5O4S/c1-15(7-10-26-14-31)30-21(32)20-16(2)22(29-11-4-9-27-29)35-23(20)28(24(30)33)12-8-17-13-18(25)5-6-19(17)34-3/h4-6,9,11,13-15H,7-8,10,12H2,1-3H3,(H,26,31). The normalized spacial score (nSPS) is 12.1. The molecule has 3 aromatic heterocycles. The first kappa shape index (κ1) is 24.4. The van der Waals surface area contributed by atoms with Crippen LogP contribution in [0.1, 0.15) is 30.5 Å². The summed E-state index contributed by atoms with van der Waals surface area (Å²) in [6.45, 7) is 4.16. The predicted octanol–water partition coefficient (Wildman–Crippen LogP) is 2.81. The van der Waals surface area contributed by atoms with E-state index in [0.29, 0.717) is 47.3 Å². The first-order valence-corrected chi connectivity index (χ1v) is 12.0. The highest BCUT2D eigenvalue weighted by molar-refractivity contribution is 7.21. The predicted molar refractivity (Wildman–Crippen MR) is 132 cm³/mol. The molecular formula is C24H26FN5O4S. The minimum absolute atomic E-state index is 0.216. The van der Waals surface area contributed by atoms with E-state index in [-0.39, 0.29) is 12.1 Å². The third-order valence-electron chi connectivity index (χ3n) is 6.01. The van der Waals surface area contributed by atoms with Gasteiger partial charge in [-0.25, -0.2) is 13.9 Å². The molecule has 1 N–H and O–H groups in total. The van der Waals surface area contributed by atoms with E-state index >= 15 is 0 Å². The highest BCUT2D eigenvalue weighted by Gasteiger charge is 2.23. The molecule has 0 aliphatic rings. The van der Waals surface area contributed by atoms with Gasteiger partial charge in [0.25, 0.3) is 5.56 Å². The van der Waals surface area contributed by atoms with Crippen LogP contribution < -0.4 is 21.3 Å². The molecule has 184 valence electrons. The van der Waals surface area contributed by atoms with Crippen molar-refractivity contribution in [1.29, 1.82) is 0 Å². The number of amides is 1. The van der Waals surface area contributed by atoms with Crippen LogP contribution in [0.5, 0.6) is 5.75 Å². The van der Waals surface area contributed by atoms with Crippen LogP contribution in [0.2, 0.25) is 0 Å². The van der Waals surface area contributed by atoms with Gasteiger partial charge in [0.15, 0.2) is 0 Å². The topological polar surface area (TPSA) is 100 Å². The molecule has 0 radical (unpaired) electrons. The number of nitrogens with zero attached hydrogens (tertiary/aromatic N) is 4. The lowest BCUT2D eigenvalue weighted by Crippen LogP contribution is -2.42. The number of halogens is 1. The number of rotatable bonds is 10. The van der Waals surface area contributed by atoms with Gasteiger partial charge in [-0.05, 0) is 56.5 Å². The van der Waals surface area contributed by atoms with Crippen LogP contribution in [0.25, 0.3) is 15.2 Å². The Bertz CT molecular complexity index is 1470. The van der Waals surface area contributed by atoms with Gasteiger partial charge in [-0.2, -0.15) is 5.10 Å². The van der Waals surface area contributed by atoms with E-state index in [1.54, 1.807) is 40.7 Å². The molecule has 0 fully saturated rings. The number of hydrogen-bond acceptors (Lipinski definition) is 6. The summed E-state index contributed by atoms with van der Waals surface area (Å²) >= 11 is 1.31. The maximum Gasteiger partial charge on any atom is 0.332 e. The molecule has 35 heavy (non-hydrogen) atoms. The second kappa shape index (κ2) is 10.3. The molecule has 0 spiro atoms. The SMILES string of the molecule is COc1ccc(F)cc1CCn1c(=O)n(C(C)CCNC=O)c(=O)c2c(C)c(-n3cccn3)sc21. The van der Waals surface area contributed by atoms with E-state index in [2.05, 4.69) is 10.4 Å². The molecule has 11 heteroatoms. The van der Waals surface area contributed by atoms with Crippen molar-refractivity contribution in [3.8, 4) is 10.8 Å². The fraction of sp³-hybridized carbons (Fsp3) is 0.333. The lowest BCUT2D eigenvalue weighted by Gasteiger charge is -2.18. The number of carbonyl (C=O) groups is 1. The van der Waals surface area contributed by atoms with Crippen LogP contribution >= 0.6 is 11.3 Å². The van der Waals surface area contributed by atoms with Crippen molar-refractivity contribution in [2.45, 2.75) is 39.3 Å². The molecule has 1 aromatic carbocycles. The molecule has 0 bridgehead atoms. The summed E-state index contributed by atoms with van der Waals surface area (Å²) < 4.78 is 23.8. The summed E-state index contributed by atoms with van der Waals surface area (Å²) in [5, 5.41) is 8.05. The van der Waals surface area contributed by atoms with E-state index < -0.39 is 17.5 Å². The fourth-order valence-electron chi connectivity index (χ4n) is 4.20. The van der Waals surface area contributed by atoms with Gasteiger partial charge < -0.3 is 10.1 Å². The highest BCUT2D eigenvalue weighted by atomic mass is 32.1. The molecule has 4 rings (SSSR count). The Balaban J connectivity index is 1.88. The Morgan fingerprint density at radius 2 is 2.11 bits per heavy atom. The van der Waals surface area contributed by atoms with E-state index in [0.717, 1.165) is 10.6 Å². The molecule has 1 atom stereocenters. The number of methoxy groups -OCH3 is 1. The molecule has 0 aliphatic carbocycles. The zero-order valence-electron chi connectivity index (χ0n) is 19.7. The fourth-order valence-corrected chi connectivity index (χ4v) is 5.46. The quantitative estimate of drug-likeness (QED) is 0.267. The number of ether oxygens (including phenoxy) is 1. The number of hydrogen-bond donors (Lipinski definition) is 1. The number of benzene rings is 1. The number of nitrogens with one attached hydrogen (secondary N) is 1. The number of aryl methyl sites for hydroxylation is 3. The van der Waals surface area contributed by atoms with Crippen LogP contribution in [-0.2, 0) is 17.8 Å². The van der Waals surface area contributed by atoms with Crippen LogP contribution in [-0.4, -0.2) is 39.0 Å². The Morgan fingerprint density at radius 1 is 1.31 bits per heavy atom. The zero-order chi connectivity index (χ0) is 25.1. The Hall–Kier alpha value is -3.73. The third kappa shape index (κ3) is 4.63. The summed E-state index contributed by atoms with van der Waals surface area (Å²) in [5.74, 6) is 0.129. The molecule has 1 unspecified atom stereocenters. The second-order valence-electron chi connectivity index (χ2n) is 8.19. The third-order valence-corrected chi connectivity index (χ3v) is 7.31. The van der Waals surface area contributed by atoms with E-state index in [4.69, 9.17) is 4.74 Å². The van der Waals surface area contributed by atoms with Gasteiger partial charge in [-0.3, -0.25) is 18.7 Å². The minimum Gasteiger partial charge on any atom is -0.496 e. The average Bonchev–Trinajstić information content (AvgIpc) is 3.47.